The molecule has 1 rings (SSSR count). The molecule has 1 fully saturated rings. The van der Waals surface area contributed by atoms with Gasteiger partial charge in [-0.1, -0.05) is 0 Å². The van der Waals surface area contributed by atoms with Gasteiger partial charge in [0.2, 0.25) is 0 Å². The van der Waals surface area contributed by atoms with Crippen molar-refractivity contribution in [3.05, 3.63) is 6.43 Å². The summed E-state index contributed by atoms with van der Waals surface area (Å²) >= 11 is 0. The van der Waals surface area contributed by atoms with Crippen LogP contribution in [0.1, 0.15) is 6.42 Å². The molecule has 0 aromatic carbocycles. The van der Waals surface area contributed by atoms with Crippen molar-refractivity contribution >= 4 is 5.91 Å². The molecule has 1 aliphatic rings. The van der Waals surface area contributed by atoms with Gasteiger partial charge in [-0.3, -0.25) is 4.79 Å². The Kier molecular flexibility index (Phi) is 1.64. The Bertz CT molecular complexity index is 122. The van der Waals surface area contributed by atoms with Crippen LogP contribution in [-0.4, -0.2) is 23.9 Å². The van der Waals surface area contributed by atoms with Gasteiger partial charge < -0.3 is 4.90 Å². The van der Waals surface area contributed by atoms with E-state index in [1.54, 1.807) is 0 Å². The van der Waals surface area contributed by atoms with Gasteiger partial charge in [0.05, 0.1) is 0 Å². The molecule has 0 saturated carbocycles. The van der Waals surface area contributed by atoms with Gasteiger partial charge in [0.15, 0.2) is 0 Å². The maximum absolute atomic E-state index is 11.4. The van der Waals surface area contributed by atoms with Gasteiger partial charge in [-0.2, -0.15) is 8.78 Å². The van der Waals surface area contributed by atoms with Gasteiger partial charge in [0.1, 0.15) is 0 Å². The van der Waals surface area contributed by atoms with Gasteiger partial charge in [-0.05, 0) is 6.42 Å². The Balaban J connectivity index is 2.32. The normalized spacial score (nSPS) is 17.9. The van der Waals surface area contributed by atoms with E-state index in [1.807, 2.05) is 0 Å². The van der Waals surface area contributed by atoms with Crippen LogP contribution in [0.4, 0.5) is 8.78 Å². The predicted octanol–water partition coefficient (Wildman–Crippen LogP) is 0.647. The summed E-state index contributed by atoms with van der Waals surface area (Å²) in [7, 11) is 0. The summed E-state index contributed by atoms with van der Waals surface area (Å²) in [6.07, 6.45) is -1.26. The van der Waals surface area contributed by atoms with Crippen LogP contribution in [0.5, 0.6) is 0 Å². The summed E-state index contributed by atoms with van der Waals surface area (Å²) in [6, 6.07) is 0. The number of hydrogen-bond donors (Lipinski definition) is 0. The molecule has 0 bridgehead atoms. The fraction of sp³-hybridized carbons (Fsp3) is 0.600. The third kappa shape index (κ3) is 1.17. The standard InChI is InChI=1S/C5H6F2NO/c6-4(7)5(9)8-2-1-3-8/h1-3H2. The molecule has 0 atom stereocenters. The summed E-state index contributed by atoms with van der Waals surface area (Å²) < 4.78 is 22.9. The van der Waals surface area contributed by atoms with E-state index in [2.05, 4.69) is 0 Å². The van der Waals surface area contributed by atoms with Crippen LogP contribution in [0, 0.1) is 6.43 Å². The van der Waals surface area contributed by atoms with Crippen molar-refractivity contribution in [2.45, 2.75) is 6.42 Å². The number of nitrogens with zero attached hydrogens (tertiary/aromatic N) is 1. The lowest BCUT2D eigenvalue weighted by atomic mass is 10.2. The molecule has 1 amide bonds. The molecular formula is C5H6F2NO. The Morgan fingerprint density at radius 2 is 1.89 bits per heavy atom. The van der Waals surface area contributed by atoms with Crippen LogP contribution < -0.4 is 0 Å². The Hall–Kier alpha value is -0.670. The van der Waals surface area contributed by atoms with Crippen LogP contribution in [0.15, 0.2) is 0 Å². The fourth-order valence-electron chi connectivity index (χ4n) is 0.639. The van der Waals surface area contributed by atoms with Crippen molar-refractivity contribution in [2.24, 2.45) is 0 Å². The number of carbonyl (C=O) groups excluding carboxylic acids is 1. The van der Waals surface area contributed by atoms with Crippen molar-refractivity contribution in [3.8, 4) is 0 Å². The Morgan fingerprint density at radius 1 is 1.33 bits per heavy atom. The first kappa shape index (κ1) is 6.45. The number of rotatable bonds is 1. The molecular weight excluding hydrogens is 128 g/mol. The van der Waals surface area contributed by atoms with E-state index in [4.69, 9.17) is 0 Å². The monoisotopic (exact) mass is 134 g/mol. The number of amides is 1. The lowest BCUT2D eigenvalue weighted by molar-refractivity contribution is -0.138. The smallest absolute Gasteiger partial charge is 0.337 e. The molecule has 51 valence electrons. The van der Waals surface area contributed by atoms with Crippen molar-refractivity contribution in [1.82, 2.24) is 4.90 Å². The van der Waals surface area contributed by atoms with Crippen LogP contribution in [0.3, 0.4) is 0 Å². The van der Waals surface area contributed by atoms with Gasteiger partial charge in [0.25, 0.3) is 5.91 Å². The minimum atomic E-state index is -2.10. The summed E-state index contributed by atoms with van der Waals surface area (Å²) in [5.41, 5.74) is 0. The zero-order chi connectivity index (χ0) is 6.85. The van der Waals surface area contributed by atoms with Crippen LogP contribution in [0.2, 0.25) is 0 Å². The van der Waals surface area contributed by atoms with Crippen LogP contribution in [0.25, 0.3) is 0 Å². The molecule has 9 heavy (non-hydrogen) atoms. The first-order valence-corrected chi connectivity index (χ1v) is 2.69. The first-order valence-electron chi connectivity index (χ1n) is 2.69. The third-order valence-electron chi connectivity index (χ3n) is 1.30. The quantitative estimate of drug-likeness (QED) is 0.515. The van der Waals surface area contributed by atoms with Gasteiger partial charge in [-0.15, -0.1) is 0 Å². The second-order valence-electron chi connectivity index (χ2n) is 1.91. The van der Waals surface area contributed by atoms with Crippen molar-refractivity contribution in [1.29, 1.82) is 0 Å². The molecule has 0 N–H and O–H groups in total. The Labute approximate surface area is 51.4 Å². The molecule has 1 saturated heterocycles. The second-order valence-corrected chi connectivity index (χ2v) is 1.91. The van der Waals surface area contributed by atoms with Gasteiger partial charge >= 0.3 is 6.43 Å². The SMILES string of the molecule is O=C([C](F)F)N1CCC1. The maximum atomic E-state index is 11.4. The maximum Gasteiger partial charge on any atom is 0.395 e. The number of hydrogen-bond acceptors (Lipinski definition) is 1. The third-order valence-corrected chi connectivity index (χ3v) is 1.30. The Morgan fingerprint density at radius 3 is 2.00 bits per heavy atom. The molecule has 4 heteroatoms. The topological polar surface area (TPSA) is 20.3 Å². The average Bonchev–Trinajstić information content (AvgIpc) is 1.60. The van der Waals surface area contributed by atoms with Crippen molar-refractivity contribution < 1.29 is 13.6 Å². The molecule has 0 spiro atoms. The van der Waals surface area contributed by atoms with Crippen molar-refractivity contribution in [2.75, 3.05) is 13.1 Å². The fourth-order valence-corrected chi connectivity index (χ4v) is 0.639. The van der Waals surface area contributed by atoms with E-state index in [-0.39, 0.29) is 0 Å². The molecule has 0 aromatic heterocycles. The summed E-state index contributed by atoms with van der Waals surface area (Å²) in [4.78, 5) is 11.4. The number of carbonyl (C=O) groups is 1. The zero-order valence-corrected chi connectivity index (χ0v) is 4.73. The van der Waals surface area contributed by atoms with E-state index in [1.165, 1.54) is 0 Å². The molecule has 1 aliphatic heterocycles. The van der Waals surface area contributed by atoms with E-state index < -0.39 is 12.3 Å². The van der Waals surface area contributed by atoms with E-state index in [0.29, 0.717) is 13.1 Å². The predicted molar refractivity (Wildman–Crippen MR) is 26.7 cm³/mol. The highest BCUT2D eigenvalue weighted by Gasteiger charge is 2.28. The van der Waals surface area contributed by atoms with Gasteiger partial charge in [0, 0.05) is 13.1 Å². The van der Waals surface area contributed by atoms with Crippen LogP contribution >= 0.6 is 0 Å². The average molecular weight is 134 g/mol. The largest absolute Gasteiger partial charge is 0.395 e. The number of halogens is 2. The first-order chi connectivity index (χ1) is 4.22. The minimum Gasteiger partial charge on any atom is -0.337 e. The summed E-state index contributed by atoms with van der Waals surface area (Å²) in [5, 5.41) is 0. The van der Waals surface area contributed by atoms with Crippen LogP contribution in [-0.2, 0) is 4.79 Å². The van der Waals surface area contributed by atoms with E-state index in [0.717, 1.165) is 11.3 Å². The lowest BCUT2D eigenvalue weighted by Crippen LogP contribution is -2.43. The highest BCUT2D eigenvalue weighted by atomic mass is 19.3. The van der Waals surface area contributed by atoms with Crippen molar-refractivity contribution in [3.63, 3.8) is 0 Å². The second kappa shape index (κ2) is 2.29. The molecule has 2 nitrogen and oxygen atoms in total. The van der Waals surface area contributed by atoms with Gasteiger partial charge in [-0.25, -0.2) is 0 Å². The minimum absolute atomic E-state index is 0.482. The molecule has 1 heterocycles. The molecule has 1 radical (unpaired) electrons. The highest BCUT2D eigenvalue weighted by Crippen LogP contribution is 2.14. The molecule has 0 unspecified atom stereocenters. The molecule has 0 aromatic rings. The lowest BCUT2D eigenvalue weighted by Gasteiger charge is -2.29. The van der Waals surface area contributed by atoms with E-state index in [9.17, 15) is 13.6 Å². The molecule has 0 aliphatic carbocycles. The number of likely N-dealkylation sites (tertiary alicyclic amines) is 1. The van der Waals surface area contributed by atoms with E-state index >= 15 is 0 Å². The zero-order valence-electron chi connectivity index (χ0n) is 4.73. The summed E-state index contributed by atoms with van der Waals surface area (Å²) in [6.45, 7) is 0.965. The summed E-state index contributed by atoms with van der Waals surface area (Å²) in [5.74, 6) is -1.11. The highest BCUT2D eigenvalue weighted by molar-refractivity contribution is 5.86.